The summed E-state index contributed by atoms with van der Waals surface area (Å²) in [6, 6.07) is 22.3. The fraction of sp³-hybridized carbons (Fsp3) is 0.269. The standard InChI is InChI=1S/C26H27NO3/c1-17-10-12-23-22(14-17)21(19-8-6-5-7-9-19)15-18(2)27(23)26(28)20-11-13-24(29-3)25(16-20)30-4/h5-14,16,18,21H,15H2,1-4H3/t18-,21-/m1/s1. The highest BCUT2D eigenvalue weighted by atomic mass is 16.5. The quantitative estimate of drug-likeness (QED) is 0.573. The van der Waals surface area contributed by atoms with Crippen LogP contribution in [0.5, 0.6) is 11.5 Å². The number of benzene rings is 3. The van der Waals surface area contributed by atoms with Crippen LogP contribution in [-0.2, 0) is 0 Å². The minimum Gasteiger partial charge on any atom is -0.493 e. The van der Waals surface area contributed by atoms with Crippen LogP contribution in [0.4, 0.5) is 5.69 Å². The van der Waals surface area contributed by atoms with Crippen LogP contribution in [0.25, 0.3) is 0 Å². The molecule has 0 unspecified atom stereocenters. The summed E-state index contributed by atoms with van der Waals surface area (Å²) in [5, 5.41) is 0. The lowest BCUT2D eigenvalue weighted by atomic mass is 9.80. The number of ether oxygens (including phenoxy) is 2. The maximum absolute atomic E-state index is 13.6. The van der Waals surface area contributed by atoms with E-state index in [1.807, 2.05) is 11.0 Å². The van der Waals surface area contributed by atoms with Gasteiger partial charge >= 0.3 is 0 Å². The number of carbonyl (C=O) groups excluding carboxylic acids is 1. The molecule has 3 aromatic rings. The van der Waals surface area contributed by atoms with Crippen molar-refractivity contribution in [2.24, 2.45) is 0 Å². The Balaban J connectivity index is 1.78. The third-order valence-corrected chi connectivity index (χ3v) is 5.89. The molecular formula is C26H27NO3. The van der Waals surface area contributed by atoms with Gasteiger partial charge in [-0.05, 0) is 55.7 Å². The summed E-state index contributed by atoms with van der Waals surface area (Å²) in [5.41, 5.74) is 5.25. The van der Waals surface area contributed by atoms with Crippen LogP contribution in [-0.4, -0.2) is 26.2 Å². The van der Waals surface area contributed by atoms with Gasteiger partial charge in [0.25, 0.3) is 5.91 Å². The summed E-state index contributed by atoms with van der Waals surface area (Å²) >= 11 is 0. The number of amides is 1. The van der Waals surface area contributed by atoms with Crippen LogP contribution >= 0.6 is 0 Å². The lowest BCUT2D eigenvalue weighted by Crippen LogP contribution is -2.43. The normalized spacial score (nSPS) is 17.9. The molecule has 0 N–H and O–H groups in total. The Morgan fingerprint density at radius 1 is 0.933 bits per heavy atom. The average molecular weight is 402 g/mol. The molecule has 4 heteroatoms. The van der Waals surface area contributed by atoms with Crippen molar-refractivity contribution in [3.8, 4) is 11.5 Å². The summed E-state index contributed by atoms with van der Waals surface area (Å²) in [5.74, 6) is 1.41. The predicted molar refractivity (Wildman–Crippen MR) is 120 cm³/mol. The average Bonchev–Trinajstić information content (AvgIpc) is 2.78. The molecule has 1 amide bonds. The van der Waals surface area contributed by atoms with E-state index in [1.54, 1.807) is 32.4 Å². The first-order valence-electron chi connectivity index (χ1n) is 10.2. The summed E-state index contributed by atoms with van der Waals surface area (Å²) < 4.78 is 10.7. The van der Waals surface area contributed by atoms with Crippen molar-refractivity contribution in [3.05, 3.63) is 89.0 Å². The Bertz CT molecular complexity index is 1060. The highest BCUT2D eigenvalue weighted by molar-refractivity contribution is 6.07. The van der Waals surface area contributed by atoms with E-state index in [9.17, 15) is 4.79 Å². The molecule has 154 valence electrons. The van der Waals surface area contributed by atoms with E-state index < -0.39 is 0 Å². The Labute approximate surface area is 178 Å². The van der Waals surface area contributed by atoms with Gasteiger partial charge in [0.1, 0.15) is 0 Å². The van der Waals surface area contributed by atoms with Crippen LogP contribution in [0.1, 0.15) is 46.3 Å². The van der Waals surface area contributed by atoms with Crippen molar-refractivity contribution >= 4 is 11.6 Å². The van der Waals surface area contributed by atoms with Gasteiger partial charge in [-0.25, -0.2) is 0 Å². The Morgan fingerprint density at radius 2 is 1.67 bits per heavy atom. The number of hydrogen-bond acceptors (Lipinski definition) is 3. The Hall–Kier alpha value is -3.27. The van der Waals surface area contributed by atoms with Crippen LogP contribution < -0.4 is 14.4 Å². The maximum atomic E-state index is 13.6. The first-order chi connectivity index (χ1) is 14.5. The molecule has 1 aliphatic rings. The van der Waals surface area contributed by atoms with E-state index in [0.717, 1.165) is 12.1 Å². The number of methoxy groups -OCH3 is 2. The molecule has 0 saturated heterocycles. The molecule has 0 radical (unpaired) electrons. The molecule has 0 aromatic heterocycles. The number of hydrogen-bond donors (Lipinski definition) is 0. The molecular weight excluding hydrogens is 374 g/mol. The van der Waals surface area contributed by atoms with E-state index in [0.29, 0.717) is 17.1 Å². The number of aryl methyl sites for hydroxylation is 1. The minimum absolute atomic E-state index is 0.0277. The first kappa shape index (κ1) is 20.0. The van der Waals surface area contributed by atoms with Gasteiger partial charge in [-0.1, -0.05) is 48.0 Å². The minimum atomic E-state index is -0.0277. The molecule has 0 aliphatic carbocycles. The Morgan fingerprint density at radius 3 is 2.37 bits per heavy atom. The summed E-state index contributed by atoms with van der Waals surface area (Å²) in [6.07, 6.45) is 0.875. The van der Waals surface area contributed by atoms with Crippen molar-refractivity contribution < 1.29 is 14.3 Å². The largest absolute Gasteiger partial charge is 0.493 e. The van der Waals surface area contributed by atoms with E-state index in [4.69, 9.17) is 9.47 Å². The topological polar surface area (TPSA) is 38.8 Å². The van der Waals surface area contributed by atoms with Gasteiger partial charge in [0.2, 0.25) is 0 Å². The van der Waals surface area contributed by atoms with Crippen LogP contribution in [0.3, 0.4) is 0 Å². The first-order valence-corrected chi connectivity index (χ1v) is 10.2. The van der Waals surface area contributed by atoms with Crippen molar-refractivity contribution in [1.82, 2.24) is 0 Å². The van der Waals surface area contributed by atoms with Gasteiger partial charge in [0, 0.05) is 23.2 Å². The number of rotatable bonds is 4. The maximum Gasteiger partial charge on any atom is 0.258 e. The van der Waals surface area contributed by atoms with E-state index in [2.05, 4.69) is 56.3 Å². The van der Waals surface area contributed by atoms with E-state index in [-0.39, 0.29) is 17.9 Å². The van der Waals surface area contributed by atoms with Crippen molar-refractivity contribution in [2.45, 2.75) is 32.2 Å². The predicted octanol–water partition coefficient (Wildman–Crippen LogP) is 5.58. The summed E-state index contributed by atoms with van der Waals surface area (Å²) in [7, 11) is 3.17. The number of anilines is 1. The lowest BCUT2D eigenvalue weighted by Gasteiger charge is -2.40. The second-order valence-electron chi connectivity index (χ2n) is 7.86. The van der Waals surface area contributed by atoms with Crippen LogP contribution in [0.2, 0.25) is 0 Å². The third-order valence-electron chi connectivity index (χ3n) is 5.89. The molecule has 3 aromatic carbocycles. The van der Waals surface area contributed by atoms with Crippen LogP contribution in [0.15, 0.2) is 66.7 Å². The SMILES string of the molecule is COc1ccc(C(=O)N2c3ccc(C)cc3[C@@H](c3ccccc3)C[C@H]2C)cc1OC. The molecule has 4 rings (SSSR count). The highest BCUT2D eigenvalue weighted by Crippen LogP contribution is 2.43. The third kappa shape index (κ3) is 3.54. The van der Waals surface area contributed by atoms with Gasteiger partial charge in [-0.15, -0.1) is 0 Å². The van der Waals surface area contributed by atoms with Crippen molar-refractivity contribution in [3.63, 3.8) is 0 Å². The fourth-order valence-electron chi connectivity index (χ4n) is 4.40. The number of carbonyl (C=O) groups is 1. The van der Waals surface area contributed by atoms with Gasteiger partial charge in [-0.2, -0.15) is 0 Å². The van der Waals surface area contributed by atoms with Gasteiger partial charge < -0.3 is 14.4 Å². The van der Waals surface area contributed by atoms with E-state index >= 15 is 0 Å². The molecule has 0 fully saturated rings. The zero-order valence-electron chi connectivity index (χ0n) is 17.9. The molecule has 4 nitrogen and oxygen atoms in total. The molecule has 2 atom stereocenters. The van der Waals surface area contributed by atoms with E-state index in [1.165, 1.54) is 16.7 Å². The van der Waals surface area contributed by atoms with Gasteiger partial charge in [0.05, 0.1) is 14.2 Å². The zero-order chi connectivity index (χ0) is 21.3. The lowest BCUT2D eigenvalue weighted by molar-refractivity contribution is 0.0974. The highest BCUT2D eigenvalue weighted by Gasteiger charge is 2.35. The number of nitrogens with zero attached hydrogens (tertiary/aromatic N) is 1. The zero-order valence-corrected chi connectivity index (χ0v) is 17.9. The molecule has 30 heavy (non-hydrogen) atoms. The van der Waals surface area contributed by atoms with Gasteiger partial charge in [-0.3, -0.25) is 4.79 Å². The summed E-state index contributed by atoms with van der Waals surface area (Å²) in [4.78, 5) is 15.5. The molecule has 0 bridgehead atoms. The number of fused-ring (bicyclic) bond motifs is 1. The molecule has 1 heterocycles. The van der Waals surface area contributed by atoms with Gasteiger partial charge in [0.15, 0.2) is 11.5 Å². The second-order valence-corrected chi connectivity index (χ2v) is 7.86. The molecule has 0 saturated carbocycles. The summed E-state index contributed by atoms with van der Waals surface area (Å²) in [6.45, 7) is 4.22. The molecule has 1 aliphatic heterocycles. The molecule has 0 spiro atoms. The van der Waals surface area contributed by atoms with Crippen LogP contribution in [0, 0.1) is 6.92 Å². The monoisotopic (exact) mass is 401 g/mol. The Kier molecular flexibility index (Phi) is 5.49. The van der Waals surface area contributed by atoms with Crippen molar-refractivity contribution in [2.75, 3.05) is 19.1 Å². The van der Waals surface area contributed by atoms with Crippen molar-refractivity contribution in [1.29, 1.82) is 0 Å². The fourth-order valence-corrected chi connectivity index (χ4v) is 4.40. The smallest absolute Gasteiger partial charge is 0.258 e. The second kappa shape index (κ2) is 8.23.